The predicted molar refractivity (Wildman–Crippen MR) is 137 cm³/mol. The first-order valence-electron chi connectivity index (χ1n) is 13.3. The van der Waals surface area contributed by atoms with E-state index in [4.69, 9.17) is 9.47 Å². The lowest BCUT2D eigenvalue weighted by Gasteiger charge is -2.09. The Kier molecular flexibility index (Phi) is 18.0. The topological polar surface area (TPSA) is 52.6 Å². The minimum absolute atomic E-state index is 0.271. The number of esters is 2. The fraction of sp³-hybridized carbons (Fsp3) is 0.655. The predicted octanol–water partition coefficient (Wildman–Crippen LogP) is 8.45. The Hall–Kier alpha value is -2.10. The quantitative estimate of drug-likeness (QED) is 0.112. The van der Waals surface area contributed by atoms with Gasteiger partial charge in [-0.2, -0.15) is 0 Å². The third kappa shape index (κ3) is 14.6. The SMILES string of the molecule is CC/C=C\CCOC(=O)c1ccccc1C(=O)OCCCCCCCCCCCCCCC. The lowest BCUT2D eigenvalue weighted by molar-refractivity contribution is 0.0457. The fourth-order valence-corrected chi connectivity index (χ4v) is 3.78. The number of hydrogen-bond acceptors (Lipinski definition) is 4. The summed E-state index contributed by atoms with van der Waals surface area (Å²) in [5, 5.41) is 0. The maximum atomic E-state index is 12.5. The van der Waals surface area contributed by atoms with E-state index in [-0.39, 0.29) is 11.1 Å². The summed E-state index contributed by atoms with van der Waals surface area (Å²) in [5.41, 5.74) is 0.550. The maximum absolute atomic E-state index is 12.5. The van der Waals surface area contributed by atoms with Crippen LogP contribution in [0.2, 0.25) is 0 Å². The van der Waals surface area contributed by atoms with Gasteiger partial charge >= 0.3 is 11.9 Å². The Morgan fingerprint density at radius 1 is 0.636 bits per heavy atom. The van der Waals surface area contributed by atoms with Gasteiger partial charge in [-0.05, 0) is 31.4 Å². The highest BCUT2D eigenvalue weighted by Crippen LogP contribution is 2.14. The van der Waals surface area contributed by atoms with E-state index in [1.165, 1.54) is 70.6 Å². The van der Waals surface area contributed by atoms with Crippen LogP contribution in [-0.2, 0) is 9.47 Å². The second-order valence-electron chi connectivity index (χ2n) is 8.73. The molecule has 0 unspecified atom stereocenters. The largest absolute Gasteiger partial charge is 0.462 e. The van der Waals surface area contributed by atoms with Crippen molar-refractivity contribution in [3.05, 3.63) is 47.5 Å². The molecule has 186 valence electrons. The van der Waals surface area contributed by atoms with Crippen LogP contribution in [-0.4, -0.2) is 25.2 Å². The van der Waals surface area contributed by atoms with Crippen molar-refractivity contribution >= 4 is 11.9 Å². The van der Waals surface area contributed by atoms with Gasteiger partial charge in [0.25, 0.3) is 0 Å². The lowest BCUT2D eigenvalue weighted by Crippen LogP contribution is -2.14. The third-order valence-electron chi connectivity index (χ3n) is 5.77. The molecule has 4 heteroatoms. The van der Waals surface area contributed by atoms with Crippen molar-refractivity contribution in [2.24, 2.45) is 0 Å². The second kappa shape index (κ2) is 20.5. The number of allylic oxidation sites excluding steroid dienone is 1. The van der Waals surface area contributed by atoms with Gasteiger partial charge in [0, 0.05) is 0 Å². The molecule has 0 heterocycles. The molecule has 4 nitrogen and oxygen atoms in total. The highest BCUT2D eigenvalue weighted by Gasteiger charge is 2.18. The molecule has 0 fully saturated rings. The first-order valence-corrected chi connectivity index (χ1v) is 13.3. The van der Waals surface area contributed by atoms with Gasteiger partial charge in [0.2, 0.25) is 0 Å². The van der Waals surface area contributed by atoms with Crippen molar-refractivity contribution in [1.82, 2.24) is 0 Å². The van der Waals surface area contributed by atoms with E-state index < -0.39 is 11.9 Å². The number of ether oxygens (including phenoxy) is 2. The molecule has 0 saturated heterocycles. The molecule has 0 spiro atoms. The highest BCUT2D eigenvalue weighted by atomic mass is 16.5. The van der Waals surface area contributed by atoms with Crippen LogP contribution < -0.4 is 0 Å². The van der Waals surface area contributed by atoms with Crippen LogP contribution in [0.1, 0.15) is 131 Å². The number of unbranched alkanes of at least 4 members (excludes halogenated alkanes) is 12. The lowest BCUT2D eigenvalue weighted by atomic mass is 10.0. The second-order valence-corrected chi connectivity index (χ2v) is 8.73. The van der Waals surface area contributed by atoms with Crippen molar-refractivity contribution in [3.63, 3.8) is 0 Å². The van der Waals surface area contributed by atoms with Crippen LogP contribution in [0, 0.1) is 0 Å². The van der Waals surface area contributed by atoms with E-state index in [9.17, 15) is 9.59 Å². The highest BCUT2D eigenvalue weighted by molar-refractivity contribution is 6.03. The Labute approximate surface area is 202 Å². The van der Waals surface area contributed by atoms with Crippen LogP contribution in [0.15, 0.2) is 36.4 Å². The molecule has 0 radical (unpaired) electrons. The molecule has 1 aromatic carbocycles. The van der Waals surface area contributed by atoms with Gasteiger partial charge in [-0.1, -0.05) is 115 Å². The molecular weight excluding hydrogens is 412 g/mol. The molecule has 0 atom stereocenters. The van der Waals surface area contributed by atoms with E-state index >= 15 is 0 Å². The Morgan fingerprint density at radius 2 is 1.09 bits per heavy atom. The molecule has 0 N–H and O–H groups in total. The molecule has 0 aliphatic rings. The van der Waals surface area contributed by atoms with Crippen molar-refractivity contribution in [2.75, 3.05) is 13.2 Å². The summed E-state index contributed by atoms with van der Waals surface area (Å²) in [6.07, 6.45) is 22.3. The molecule has 1 aromatic rings. The number of benzene rings is 1. The number of rotatable bonds is 20. The summed E-state index contributed by atoms with van der Waals surface area (Å²) in [6, 6.07) is 6.71. The minimum atomic E-state index is -0.478. The number of carbonyl (C=O) groups excluding carboxylic acids is 2. The standard InChI is InChI=1S/C29H46O4/c1-3-5-7-9-10-11-12-13-14-15-16-17-21-25-33-29(31)27-23-19-18-22-26(27)28(30)32-24-20-8-6-4-2/h6,8,18-19,22-23H,3-5,7,9-17,20-21,24-25H2,1-2H3/b8-6-. The summed E-state index contributed by atoms with van der Waals surface area (Å²) < 4.78 is 10.7. The van der Waals surface area contributed by atoms with Gasteiger partial charge in [0.05, 0.1) is 24.3 Å². The zero-order valence-electron chi connectivity index (χ0n) is 21.1. The van der Waals surface area contributed by atoms with Gasteiger partial charge in [-0.3, -0.25) is 0 Å². The smallest absolute Gasteiger partial charge is 0.339 e. The summed E-state index contributed by atoms with van der Waals surface area (Å²) in [5.74, 6) is -0.930. The minimum Gasteiger partial charge on any atom is -0.462 e. The Morgan fingerprint density at radius 3 is 1.58 bits per heavy atom. The normalized spacial score (nSPS) is 11.1. The van der Waals surface area contributed by atoms with E-state index in [0.29, 0.717) is 19.6 Å². The van der Waals surface area contributed by atoms with Crippen molar-refractivity contribution in [1.29, 1.82) is 0 Å². The van der Waals surface area contributed by atoms with Crippen molar-refractivity contribution < 1.29 is 19.1 Å². The monoisotopic (exact) mass is 458 g/mol. The average molecular weight is 459 g/mol. The summed E-state index contributed by atoms with van der Waals surface area (Å²) in [4.78, 5) is 24.8. The molecule has 0 saturated carbocycles. The number of carbonyl (C=O) groups is 2. The van der Waals surface area contributed by atoms with E-state index in [1.54, 1.807) is 24.3 Å². The van der Waals surface area contributed by atoms with Gasteiger partial charge in [0.15, 0.2) is 0 Å². The maximum Gasteiger partial charge on any atom is 0.339 e. The molecular formula is C29H46O4. The fourth-order valence-electron chi connectivity index (χ4n) is 3.78. The van der Waals surface area contributed by atoms with Gasteiger partial charge < -0.3 is 9.47 Å². The molecule has 0 bridgehead atoms. The first kappa shape index (κ1) is 28.9. The summed E-state index contributed by atoms with van der Waals surface area (Å²) in [7, 11) is 0. The van der Waals surface area contributed by atoms with Crippen molar-refractivity contribution in [2.45, 2.75) is 110 Å². The first-order chi connectivity index (χ1) is 16.2. The van der Waals surface area contributed by atoms with Gasteiger partial charge in [-0.25, -0.2) is 9.59 Å². The third-order valence-corrected chi connectivity index (χ3v) is 5.77. The molecule has 0 aliphatic carbocycles. The zero-order chi connectivity index (χ0) is 24.0. The molecule has 33 heavy (non-hydrogen) atoms. The Balaban J connectivity index is 2.14. The molecule has 0 aliphatic heterocycles. The van der Waals surface area contributed by atoms with E-state index in [2.05, 4.69) is 13.8 Å². The zero-order valence-corrected chi connectivity index (χ0v) is 21.1. The molecule has 0 aromatic heterocycles. The van der Waals surface area contributed by atoms with Gasteiger partial charge in [-0.15, -0.1) is 0 Å². The van der Waals surface area contributed by atoms with Crippen LogP contribution in [0.25, 0.3) is 0 Å². The summed E-state index contributed by atoms with van der Waals surface area (Å²) >= 11 is 0. The van der Waals surface area contributed by atoms with Crippen LogP contribution in [0.5, 0.6) is 0 Å². The number of hydrogen-bond donors (Lipinski definition) is 0. The molecule has 1 rings (SSSR count). The van der Waals surface area contributed by atoms with E-state index in [0.717, 1.165) is 19.3 Å². The van der Waals surface area contributed by atoms with Crippen LogP contribution in [0.4, 0.5) is 0 Å². The van der Waals surface area contributed by atoms with Crippen LogP contribution in [0.3, 0.4) is 0 Å². The van der Waals surface area contributed by atoms with Gasteiger partial charge in [0.1, 0.15) is 0 Å². The summed E-state index contributed by atoms with van der Waals surface area (Å²) in [6.45, 7) is 5.01. The van der Waals surface area contributed by atoms with E-state index in [1.807, 2.05) is 12.2 Å². The Bertz CT molecular complexity index is 665. The van der Waals surface area contributed by atoms with Crippen LogP contribution >= 0.6 is 0 Å². The average Bonchev–Trinajstić information content (AvgIpc) is 2.83. The molecule has 0 amide bonds. The van der Waals surface area contributed by atoms with Crippen molar-refractivity contribution in [3.8, 4) is 0 Å².